The predicted molar refractivity (Wildman–Crippen MR) is 86.0 cm³/mol. The SMILES string of the molecule is COc1ccc(C(CNC(=O)c2ccccn2)N(C)C)cc1. The quantitative estimate of drug-likeness (QED) is 0.888. The van der Waals surface area contributed by atoms with Gasteiger partial charge in [-0.15, -0.1) is 0 Å². The minimum absolute atomic E-state index is 0.0820. The Morgan fingerprint density at radius 1 is 1.23 bits per heavy atom. The second-order valence-corrected chi connectivity index (χ2v) is 5.18. The fourth-order valence-electron chi connectivity index (χ4n) is 2.20. The largest absolute Gasteiger partial charge is 0.497 e. The van der Waals surface area contributed by atoms with Crippen LogP contribution in [0, 0.1) is 0 Å². The number of benzene rings is 1. The molecule has 0 aliphatic carbocycles. The van der Waals surface area contributed by atoms with Gasteiger partial charge in [-0.25, -0.2) is 0 Å². The molecule has 0 bridgehead atoms. The Hall–Kier alpha value is -2.40. The Balaban J connectivity index is 2.04. The molecule has 22 heavy (non-hydrogen) atoms. The third-order valence-corrected chi connectivity index (χ3v) is 3.48. The molecule has 2 rings (SSSR count). The number of methoxy groups -OCH3 is 1. The van der Waals surface area contributed by atoms with E-state index < -0.39 is 0 Å². The molecular formula is C17H21N3O2. The number of ether oxygens (including phenoxy) is 1. The highest BCUT2D eigenvalue weighted by atomic mass is 16.5. The Labute approximate surface area is 130 Å². The number of hydrogen-bond acceptors (Lipinski definition) is 4. The molecule has 116 valence electrons. The van der Waals surface area contributed by atoms with Crippen LogP contribution in [0.25, 0.3) is 0 Å². The maximum atomic E-state index is 12.1. The van der Waals surface area contributed by atoms with Crippen molar-refractivity contribution < 1.29 is 9.53 Å². The number of aromatic nitrogens is 1. The first kappa shape index (κ1) is 16.0. The first-order valence-electron chi connectivity index (χ1n) is 7.11. The van der Waals surface area contributed by atoms with Gasteiger partial charge in [0, 0.05) is 12.7 Å². The molecule has 1 aromatic heterocycles. The Morgan fingerprint density at radius 3 is 2.50 bits per heavy atom. The summed E-state index contributed by atoms with van der Waals surface area (Å²) in [5.41, 5.74) is 1.54. The highest BCUT2D eigenvalue weighted by Crippen LogP contribution is 2.20. The number of carbonyl (C=O) groups excluding carboxylic acids is 1. The molecule has 1 atom stereocenters. The van der Waals surface area contributed by atoms with Gasteiger partial charge in [0.1, 0.15) is 11.4 Å². The molecule has 0 radical (unpaired) electrons. The number of carbonyl (C=O) groups is 1. The van der Waals surface area contributed by atoms with Crippen molar-refractivity contribution in [3.8, 4) is 5.75 Å². The molecule has 0 aliphatic heterocycles. The van der Waals surface area contributed by atoms with Crippen LogP contribution in [-0.2, 0) is 0 Å². The normalized spacial score (nSPS) is 12.0. The number of rotatable bonds is 6. The second-order valence-electron chi connectivity index (χ2n) is 5.18. The first-order valence-corrected chi connectivity index (χ1v) is 7.11. The zero-order chi connectivity index (χ0) is 15.9. The smallest absolute Gasteiger partial charge is 0.269 e. The molecule has 2 aromatic rings. The van der Waals surface area contributed by atoms with E-state index in [-0.39, 0.29) is 11.9 Å². The zero-order valence-corrected chi connectivity index (χ0v) is 13.1. The van der Waals surface area contributed by atoms with Crippen LogP contribution in [0.4, 0.5) is 0 Å². The topological polar surface area (TPSA) is 54.5 Å². The van der Waals surface area contributed by atoms with Crippen LogP contribution in [-0.4, -0.2) is 43.5 Å². The number of nitrogens with zero attached hydrogens (tertiary/aromatic N) is 2. The van der Waals surface area contributed by atoms with E-state index in [1.807, 2.05) is 38.4 Å². The van der Waals surface area contributed by atoms with Crippen LogP contribution >= 0.6 is 0 Å². The number of nitrogens with one attached hydrogen (secondary N) is 1. The van der Waals surface area contributed by atoms with Crippen LogP contribution in [0.5, 0.6) is 5.75 Å². The number of hydrogen-bond donors (Lipinski definition) is 1. The van der Waals surface area contributed by atoms with Crippen LogP contribution in [0.2, 0.25) is 0 Å². The highest BCUT2D eigenvalue weighted by molar-refractivity contribution is 5.92. The Morgan fingerprint density at radius 2 is 1.95 bits per heavy atom. The van der Waals surface area contributed by atoms with Gasteiger partial charge in [-0.1, -0.05) is 18.2 Å². The molecular weight excluding hydrogens is 278 g/mol. The monoisotopic (exact) mass is 299 g/mol. The van der Waals surface area contributed by atoms with Gasteiger partial charge in [0.25, 0.3) is 5.91 Å². The summed E-state index contributed by atoms with van der Waals surface area (Å²) >= 11 is 0. The lowest BCUT2D eigenvalue weighted by molar-refractivity contribution is 0.0937. The van der Waals surface area contributed by atoms with E-state index in [2.05, 4.69) is 15.2 Å². The molecule has 0 fully saturated rings. The van der Waals surface area contributed by atoms with Crippen LogP contribution in [0.15, 0.2) is 48.7 Å². The second kappa shape index (κ2) is 7.56. The minimum atomic E-state index is -0.166. The third-order valence-electron chi connectivity index (χ3n) is 3.48. The van der Waals surface area contributed by atoms with Gasteiger partial charge in [0.15, 0.2) is 0 Å². The van der Waals surface area contributed by atoms with Crippen molar-refractivity contribution >= 4 is 5.91 Å². The molecule has 1 heterocycles. The summed E-state index contributed by atoms with van der Waals surface area (Å²) in [7, 11) is 5.62. The zero-order valence-electron chi connectivity index (χ0n) is 13.1. The van der Waals surface area contributed by atoms with Crippen molar-refractivity contribution in [1.29, 1.82) is 0 Å². The lowest BCUT2D eigenvalue weighted by atomic mass is 10.1. The molecule has 1 amide bonds. The molecule has 0 saturated heterocycles. The third kappa shape index (κ3) is 4.05. The minimum Gasteiger partial charge on any atom is -0.497 e. The van der Waals surface area contributed by atoms with E-state index in [9.17, 15) is 4.79 Å². The van der Waals surface area contributed by atoms with E-state index in [0.29, 0.717) is 12.2 Å². The van der Waals surface area contributed by atoms with Crippen LogP contribution in [0.1, 0.15) is 22.1 Å². The summed E-state index contributed by atoms with van der Waals surface area (Å²) in [4.78, 5) is 18.2. The summed E-state index contributed by atoms with van der Waals surface area (Å²) in [5.74, 6) is 0.653. The fourth-order valence-corrected chi connectivity index (χ4v) is 2.20. The van der Waals surface area contributed by atoms with Crippen molar-refractivity contribution in [2.75, 3.05) is 27.7 Å². The van der Waals surface area contributed by atoms with Gasteiger partial charge in [0.05, 0.1) is 13.2 Å². The average Bonchev–Trinajstić information content (AvgIpc) is 2.56. The van der Waals surface area contributed by atoms with Crippen molar-refractivity contribution in [1.82, 2.24) is 15.2 Å². The number of amides is 1. The maximum absolute atomic E-state index is 12.1. The van der Waals surface area contributed by atoms with Gasteiger partial charge < -0.3 is 15.0 Å². The molecule has 0 saturated carbocycles. The van der Waals surface area contributed by atoms with E-state index >= 15 is 0 Å². The summed E-state index contributed by atoms with van der Waals surface area (Å²) in [6, 6.07) is 13.2. The van der Waals surface area contributed by atoms with Crippen LogP contribution in [0.3, 0.4) is 0 Å². The van der Waals surface area contributed by atoms with E-state index in [4.69, 9.17) is 4.74 Å². The molecule has 5 heteroatoms. The lowest BCUT2D eigenvalue weighted by Crippen LogP contribution is -2.34. The Kier molecular flexibility index (Phi) is 5.49. The van der Waals surface area contributed by atoms with E-state index in [0.717, 1.165) is 11.3 Å². The lowest BCUT2D eigenvalue weighted by Gasteiger charge is -2.25. The van der Waals surface area contributed by atoms with E-state index in [1.54, 1.807) is 31.5 Å². The van der Waals surface area contributed by atoms with Crippen molar-refractivity contribution in [3.63, 3.8) is 0 Å². The summed E-state index contributed by atoms with van der Waals surface area (Å²) < 4.78 is 5.17. The van der Waals surface area contributed by atoms with Gasteiger partial charge >= 0.3 is 0 Å². The predicted octanol–water partition coefficient (Wildman–Crippen LogP) is 2.12. The van der Waals surface area contributed by atoms with Crippen molar-refractivity contribution in [2.45, 2.75) is 6.04 Å². The summed E-state index contributed by atoms with van der Waals surface area (Å²) in [5, 5.41) is 2.93. The molecule has 1 unspecified atom stereocenters. The van der Waals surface area contributed by atoms with Crippen molar-refractivity contribution in [3.05, 3.63) is 59.9 Å². The molecule has 0 aliphatic rings. The fraction of sp³-hybridized carbons (Fsp3) is 0.294. The Bertz CT molecular complexity index is 597. The summed E-state index contributed by atoms with van der Waals surface area (Å²) in [6.45, 7) is 0.509. The molecule has 1 aromatic carbocycles. The first-order chi connectivity index (χ1) is 10.6. The maximum Gasteiger partial charge on any atom is 0.269 e. The average molecular weight is 299 g/mol. The van der Waals surface area contributed by atoms with Gasteiger partial charge in [0.2, 0.25) is 0 Å². The van der Waals surface area contributed by atoms with E-state index in [1.165, 1.54) is 0 Å². The standard InChI is InChI=1S/C17H21N3O2/c1-20(2)16(13-7-9-14(22-3)10-8-13)12-19-17(21)15-6-4-5-11-18-15/h4-11,16H,12H2,1-3H3,(H,19,21). The van der Waals surface area contributed by atoms with Gasteiger partial charge in [-0.05, 0) is 43.9 Å². The molecule has 5 nitrogen and oxygen atoms in total. The van der Waals surface area contributed by atoms with Gasteiger partial charge in [-0.2, -0.15) is 0 Å². The molecule has 1 N–H and O–H groups in total. The summed E-state index contributed by atoms with van der Waals surface area (Å²) in [6.07, 6.45) is 1.61. The number of pyridine rings is 1. The number of likely N-dealkylation sites (N-methyl/N-ethyl adjacent to an activating group) is 1. The highest BCUT2D eigenvalue weighted by Gasteiger charge is 2.16. The van der Waals surface area contributed by atoms with Crippen molar-refractivity contribution in [2.24, 2.45) is 0 Å². The van der Waals surface area contributed by atoms with Gasteiger partial charge in [-0.3, -0.25) is 9.78 Å². The molecule has 0 spiro atoms. The van der Waals surface area contributed by atoms with Crippen LogP contribution < -0.4 is 10.1 Å².